The molecule has 1 amide bonds. The van der Waals surface area contributed by atoms with Crippen molar-refractivity contribution in [2.24, 2.45) is 5.10 Å². The van der Waals surface area contributed by atoms with Gasteiger partial charge in [0.05, 0.1) is 26.1 Å². The van der Waals surface area contributed by atoms with Gasteiger partial charge in [-0.05, 0) is 56.2 Å². The fraction of sp³-hybridized carbons (Fsp3) is 0.208. The molecule has 3 rings (SSSR count). The molecule has 0 aliphatic heterocycles. The van der Waals surface area contributed by atoms with E-state index >= 15 is 0 Å². The molecule has 9 heteroatoms. The van der Waals surface area contributed by atoms with E-state index in [2.05, 4.69) is 15.6 Å². The Hall–Kier alpha value is -4.45. The van der Waals surface area contributed by atoms with Crippen LogP contribution in [-0.2, 0) is 0 Å². The van der Waals surface area contributed by atoms with Gasteiger partial charge in [0.1, 0.15) is 11.6 Å². The molecule has 0 saturated carbocycles. The molecule has 0 spiro atoms. The molecule has 1 heterocycles. The first-order chi connectivity index (χ1) is 15.8. The summed E-state index contributed by atoms with van der Waals surface area (Å²) in [7, 11) is 3.02. The Labute approximate surface area is 190 Å². The van der Waals surface area contributed by atoms with Crippen LogP contribution in [0.1, 0.15) is 38.3 Å². The maximum atomic E-state index is 12.8. The van der Waals surface area contributed by atoms with Crippen LogP contribution in [0.5, 0.6) is 11.5 Å². The van der Waals surface area contributed by atoms with E-state index in [0.29, 0.717) is 22.7 Å². The van der Waals surface area contributed by atoms with E-state index in [1.165, 1.54) is 27.4 Å². The average molecular weight is 445 g/mol. The van der Waals surface area contributed by atoms with Crippen molar-refractivity contribution in [3.05, 3.63) is 80.3 Å². The lowest BCUT2D eigenvalue weighted by Gasteiger charge is -2.12. The van der Waals surface area contributed by atoms with Gasteiger partial charge in [0.25, 0.3) is 11.5 Å². The predicted octanol–water partition coefficient (Wildman–Crippen LogP) is 2.81. The Morgan fingerprint density at radius 3 is 2.55 bits per heavy atom. The molecule has 168 valence electrons. The topological polar surface area (TPSA) is 119 Å². The summed E-state index contributed by atoms with van der Waals surface area (Å²) in [5, 5.41) is 17.7. The number of hydrazone groups is 1. The number of para-hydroxylation sites is 1. The highest BCUT2D eigenvalue weighted by molar-refractivity contribution is 5.95. The second-order valence-corrected chi connectivity index (χ2v) is 7.23. The summed E-state index contributed by atoms with van der Waals surface area (Å²) < 4.78 is 11.6. The number of nitriles is 1. The van der Waals surface area contributed by atoms with E-state index in [-0.39, 0.29) is 16.8 Å². The zero-order chi connectivity index (χ0) is 24.1. The number of amides is 1. The van der Waals surface area contributed by atoms with Crippen molar-refractivity contribution in [3.63, 3.8) is 0 Å². The second-order valence-electron chi connectivity index (χ2n) is 7.23. The van der Waals surface area contributed by atoms with Gasteiger partial charge in [0.2, 0.25) is 0 Å². The SMILES string of the molecule is COc1cccc(/C=N/NC(=O)c2nn(-c3ccc(C)c(C)c3)c(=O)c(C#N)c2C)c1OC. The van der Waals surface area contributed by atoms with Crippen LogP contribution in [0.4, 0.5) is 0 Å². The van der Waals surface area contributed by atoms with Gasteiger partial charge in [-0.3, -0.25) is 9.59 Å². The van der Waals surface area contributed by atoms with Crippen molar-refractivity contribution in [1.82, 2.24) is 15.2 Å². The summed E-state index contributed by atoms with van der Waals surface area (Å²) in [5.41, 5.74) is 4.76. The van der Waals surface area contributed by atoms with E-state index in [1.54, 1.807) is 30.3 Å². The molecule has 3 aromatic rings. The maximum Gasteiger partial charge on any atom is 0.292 e. The molecule has 1 N–H and O–H groups in total. The van der Waals surface area contributed by atoms with Crippen LogP contribution in [-0.4, -0.2) is 36.1 Å². The number of hydrogen-bond acceptors (Lipinski definition) is 7. The summed E-state index contributed by atoms with van der Waals surface area (Å²) in [6.07, 6.45) is 1.40. The van der Waals surface area contributed by atoms with E-state index in [9.17, 15) is 14.9 Å². The third-order valence-corrected chi connectivity index (χ3v) is 5.20. The van der Waals surface area contributed by atoms with E-state index in [0.717, 1.165) is 15.8 Å². The summed E-state index contributed by atoms with van der Waals surface area (Å²) >= 11 is 0. The van der Waals surface area contributed by atoms with Gasteiger partial charge in [-0.2, -0.15) is 20.1 Å². The van der Waals surface area contributed by atoms with E-state index < -0.39 is 11.5 Å². The fourth-order valence-corrected chi connectivity index (χ4v) is 3.21. The van der Waals surface area contributed by atoms with Crippen molar-refractivity contribution in [3.8, 4) is 23.3 Å². The highest BCUT2D eigenvalue weighted by atomic mass is 16.5. The predicted molar refractivity (Wildman–Crippen MR) is 123 cm³/mol. The molecule has 0 atom stereocenters. The molecule has 0 radical (unpaired) electrons. The van der Waals surface area contributed by atoms with Crippen LogP contribution in [0, 0.1) is 32.1 Å². The number of hydrogen-bond donors (Lipinski definition) is 1. The zero-order valence-electron chi connectivity index (χ0n) is 19.0. The van der Waals surface area contributed by atoms with Gasteiger partial charge in [0.15, 0.2) is 17.2 Å². The van der Waals surface area contributed by atoms with Gasteiger partial charge >= 0.3 is 0 Å². The van der Waals surface area contributed by atoms with Crippen molar-refractivity contribution in [2.45, 2.75) is 20.8 Å². The third kappa shape index (κ3) is 4.60. The Bertz CT molecular complexity index is 1350. The number of carbonyl (C=O) groups excluding carboxylic acids is 1. The van der Waals surface area contributed by atoms with Gasteiger partial charge in [-0.25, -0.2) is 5.43 Å². The number of benzene rings is 2. The summed E-state index contributed by atoms with van der Waals surface area (Å²) in [6, 6.07) is 12.4. The van der Waals surface area contributed by atoms with Crippen molar-refractivity contribution in [1.29, 1.82) is 5.26 Å². The first kappa shape index (κ1) is 23.2. The third-order valence-electron chi connectivity index (χ3n) is 5.20. The van der Waals surface area contributed by atoms with Crippen LogP contribution in [0.2, 0.25) is 0 Å². The maximum absolute atomic E-state index is 12.8. The van der Waals surface area contributed by atoms with Crippen LogP contribution in [0.3, 0.4) is 0 Å². The summed E-state index contributed by atoms with van der Waals surface area (Å²) in [4.78, 5) is 25.7. The lowest BCUT2D eigenvalue weighted by Crippen LogP contribution is -2.31. The fourth-order valence-electron chi connectivity index (χ4n) is 3.21. The first-order valence-electron chi connectivity index (χ1n) is 9.98. The quantitative estimate of drug-likeness (QED) is 0.460. The molecule has 0 fully saturated rings. The highest BCUT2D eigenvalue weighted by Crippen LogP contribution is 2.29. The van der Waals surface area contributed by atoms with E-state index in [4.69, 9.17) is 9.47 Å². The number of rotatable bonds is 6. The molecule has 0 bridgehead atoms. The van der Waals surface area contributed by atoms with Crippen molar-refractivity contribution in [2.75, 3.05) is 14.2 Å². The Balaban J connectivity index is 1.98. The lowest BCUT2D eigenvalue weighted by atomic mass is 10.1. The average Bonchev–Trinajstić information content (AvgIpc) is 2.81. The molecule has 0 aliphatic rings. The number of ether oxygens (including phenoxy) is 2. The molecule has 0 unspecified atom stereocenters. The first-order valence-corrected chi connectivity index (χ1v) is 9.98. The standard InChI is InChI=1S/C24H23N5O4/c1-14-9-10-18(11-15(14)2)29-24(31)19(12-25)16(3)21(28-29)23(30)27-26-13-17-7-6-8-20(32-4)22(17)33-5/h6-11,13H,1-5H3,(H,27,30)/b26-13+. The number of nitrogens with one attached hydrogen (secondary N) is 1. The van der Waals surface area contributed by atoms with Crippen LogP contribution < -0.4 is 20.5 Å². The number of aromatic nitrogens is 2. The van der Waals surface area contributed by atoms with E-state index in [1.807, 2.05) is 26.0 Å². The molecular weight excluding hydrogens is 422 g/mol. The normalized spacial score (nSPS) is 10.7. The lowest BCUT2D eigenvalue weighted by molar-refractivity contribution is 0.0947. The number of aryl methyl sites for hydroxylation is 2. The molecule has 2 aromatic carbocycles. The van der Waals surface area contributed by atoms with Crippen LogP contribution >= 0.6 is 0 Å². The summed E-state index contributed by atoms with van der Waals surface area (Å²) in [6.45, 7) is 5.35. The molecular formula is C24H23N5O4. The smallest absolute Gasteiger partial charge is 0.292 e. The van der Waals surface area contributed by atoms with Gasteiger partial charge in [-0.15, -0.1) is 0 Å². The van der Waals surface area contributed by atoms with Crippen molar-refractivity contribution < 1.29 is 14.3 Å². The minimum atomic E-state index is -0.667. The van der Waals surface area contributed by atoms with Gasteiger partial charge < -0.3 is 9.47 Å². The second kappa shape index (κ2) is 9.78. The van der Waals surface area contributed by atoms with Gasteiger partial charge in [0, 0.05) is 11.1 Å². The van der Waals surface area contributed by atoms with Gasteiger partial charge in [-0.1, -0.05) is 12.1 Å². The number of methoxy groups -OCH3 is 2. The molecule has 1 aromatic heterocycles. The minimum absolute atomic E-state index is 0.0841. The number of carbonyl (C=O) groups is 1. The monoisotopic (exact) mass is 445 g/mol. The molecule has 0 saturated heterocycles. The Morgan fingerprint density at radius 1 is 1.15 bits per heavy atom. The Morgan fingerprint density at radius 2 is 1.91 bits per heavy atom. The zero-order valence-corrected chi connectivity index (χ0v) is 19.0. The number of nitrogens with zero attached hydrogens (tertiary/aromatic N) is 4. The molecule has 33 heavy (non-hydrogen) atoms. The summed E-state index contributed by atoms with van der Waals surface area (Å²) in [5.74, 6) is 0.312. The molecule has 0 aliphatic carbocycles. The van der Waals surface area contributed by atoms with Crippen molar-refractivity contribution >= 4 is 12.1 Å². The van der Waals surface area contributed by atoms with Crippen LogP contribution in [0.15, 0.2) is 46.3 Å². The van der Waals surface area contributed by atoms with Crippen LogP contribution in [0.25, 0.3) is 5.69 Å². The molecule has 9 nitrogen and oxygen atoms in total. The Kier molecular flexibility index (Phi) is 6.88. The highest BCUT2D eigenvalue weighted by Gasteiger charge is 2.20. The largest absolute Gasteiger partial charge is 0.493 e. The minimum Gasteiger partial charge on any atom is -0.493 e.